The molecule has 0 radical (unpaired) electrons. The number of hydrogen-bond donors (Lipinski definition) is 1. The lowest BCUT2D eigenvalue weighted by molar-refractivity contribution is -0.135. The molecule has 3 rings (SSSR count). The maximum atomic E-state index is 12.8. The van der Waals surface area contributed by atoms with Crippen molar-refractivity contribution >= 4 is 29.2 Å². The van der Waals surface area contributed by atoms with Gasteiger partial charge in [0.15, 0.2) is 0 Å². The second kappa shape index (κ2) is 7.09. The van der Waals surface area contributed by atoms with Crippen molar-refractivity contribution in [3.63, 3.8) is 0 Å². The van der Waals surface area contributed by atoms with Gasteiger partial charge in [-0.05, 0) is 36.8 Å². The van der Waals surface area contributed by atoms with Crippen LogP contribution in [0.15, 0.2) is 23.6 Å². The van der Waals surface area contributed by atoms with Gasteiger partial charge in [0.2, 0.25) is 11.8 Å². The predicted octanol–water partition coefficient (Wildman–Crippen LogP) is 2.81. The van der Waals surface area contributed by atoms with E-state index in [1.165, 1.54) is 11.3 Å². The van der Waals surface area contributed by atoms with Crippen molar-refractivity contribution in [3.8, 4) is 0 Å². The van der Waals surface area contributed by atoms with E-state index in [9.17, 15) is 9.59 Å². The van der Waals surface area contributed by atoms with Crippen molar-refractivity contribution in [2.24, 2.45) is 0 Å². The van der Waals surface area contributed by atoms with Gasteiger partial charge in [-0.1, -0.05) is 25.0 Å². The summed E-state index contributed by atoms with van der Waals surface area (Å²) in [6, 6.07) is 3.95. The normalized spacial score (nSPS) is 26.2. The Balaban J connectivity index is 1.72. The van der Waals surface area contributed by atoms with Crippen LogP contribution < -0.4 is 5.32 Å². The van der Waals surface area contributed by atoms with Gasteiger partial charge in [-0.3, -0.25) is 9.59 Å². The van der Waals surface area contributed by atoms with E-state index in [-0.39, 0.29) is 23.9 Å². The number of thiophene rings is 1. The highest BCUT2D eigenvalue weighted by atomic mass is 32.1. The zero-order valence-electron chi connectivity index (χ0n) is 12.7. The topological polar surface area (TPSA) is 49.4 Å². The third-order valence-corrected chi connectivity index (χ3v) is 5.24. The smallest absolute Gasteiger partial charge is 0.245 e. The van der Waals surface area contributed by atoms with Crippen LogP contribution in [0.5, 0.6) is 0 Å². The van der Waals surface area contributed by atoms with Crippen LogP contribution in [-0.4, -0.2) is 35.3 Å². The summed E-state index contributed by atoms with van der Waals surface area (Å²) in [7, 11) is 0. The quantitative estimate of drug-likeness (QED) is 0.931. The van der Waals surface area contributed by atoms with E-state index in [2.05, 4.69) is 28.9 Å². The Bertz CT molecular complexity index is 553. The lowest BCUT2D eigenvalue weighted by Crippen LogP contribution is -2.48. The van der Waals surface area contributed by atoms with Gasteiger partial charge in [0, 0.05) is 17.8 Å². The summed E-state index contributed by atoms with van der Waals surface area (Å²) >= 11 is 1.70. The largest absolute Gasteiger partial charge is 0.344 e. The molecule has 2 aliphatic heterocycles. The first-order valence-electron chi connectivity index (χ1n) is 8.05. The van der Waals surface area contributed by atoms with Gasteiger partial charge in [-0.15, -0.1) is 11.3 Å². The summed E-state index contributed by atoms with van der Waals surface area (Å²) in [5, 5.41) is 4.87. The molecule has 2 amide bonds. The minimum Gasteiger partial charge on any atom is -0.344 e. The third kappa shape index (κ3) is 3.58. The minimum absolute atomic E-state index is 0.00107. The van der Waals surface area contributed by atoms with Gasteiger partial charge in [-0.25, -0.2) is 0 Å². The average molecular weight is 318 g/mol. The van der Waals surface area contributed by atoms with Crippen LogP contribution >= 0.6 is 11.3 Å². The molecule has 118 valence electrons. The number of nitrogens with zero attached hydrogens (tertiary/aromatic N) is 1. The summed E-state index contributed by atoms with van der Waals surface area (Å²) in [6.45, 7) is 0.796. The maximum Gasteiger partial charge on any atom is 0.245 e. The highest BCUT2D eigenvalue weighted by Crippen LogP contribution is 2.22. The highest BCUT2D eigenvalue weighted by molar-refractivity contribution is 7.10. The molecule has 0 aromatic carbocycles. The minimum atomic E-state index is -0.316. The first kappa shape index (κ1) is 15.3. The molecule has 0 bridgehead atoms. The Morgan fingerprint density at radius 3 is 2.95 bits per heavy atom. The molecule has 5 heteroatoms. The molecule has 0 unspecified atom stereocenters. The average Bonchev–Trinajstić information content (AvgIpc) is 3.12. The number of amides is 2. The van der Waals surface area contributed by atoms with Crippen LogP contribution in [-0.2, 0) is 9.59 Å². The SMILES string of the molecule is O=C1CC[C@H](C(=O)N2CCCCC[C@H]2/C=C/c2cccs2)N1. The van der Waals surface area contributed by atoms with Gasteiger partial charge in [0.25, 0.3) is 0 Å². The van der Waals surface area contributed by atoms with E-state index >= 15 is 0 Å². The molecule has 0 spiro atoms. The zero-order valence-corrected chi connectivity index (χ0v) is 13.5. The molecule has 1 N–H and O–H groups in total. The molecule has 1 aromatic heterocycles. The Hall–Kier alpha value is -1.62. The van der Waals surface area contributed by atoms with Crippen LogP contribution in [0.2, 0.25) is 0 Å². The molecule has 4 nitrogen and oxygen atoms in total. The number of carbonyl (C=O) groups excluding carboxylic acids is 2. The molecule has 22 heavy (non-hydrogen) atoms. The second-order valence-electron chi connectivity index (χ2n) is 5.98. The van der Waals surface area contributed by atoms with E-state index in [4.69, 9.17) is 0 Å². The number of rotatable bonds is 3. The summed E-state index contributed by atoms with van der Waals surface area (Å²) in [5.41, 5.74) is 0. The van der Waals surface area contributed by atoms with Crippen molar-refractivity contribution < 1.29 is 9.59 Å². The Morgan fingerprint density at radius 2 is 2.23 bits per heavy atom. The van der Waals surface area contributed by atoms with Gasteiger partial charge < -0.3 is 10.2 Å². The van der Waals surface area contributed by atoms with Crippen LogP contribution in [0.4, 0.5) is 0 Å². The second-order valence-corrected chi connectivity index (χ2v) is 6.96. The van der Waals surface area contributed by atoms with Crippen LogP contribution in [0.1, 0.15) is 43.4 Å². The first-order valence-corrected chi connectivity index (χ1v) is 8.93. The summed E-state index contributed by atoms with van der Waals surface area (Å²) in [4.78, 5) is 27.3. The van der Waals surface area contributed by atoms with Crippen LogP contribution in [0.3, 0.4) is 0 Å². The molecular formula is C17H22N2O2S. The molecular weight excluding hydrogens is 296 g/mol. The fourth-order valence-corrected chi connectivity index (χ4v) is 3.83. The van der Waals surface area contributed by atoms with E-state index in [1.807, 2.05) is 11.0 Å². The molecule has 0 aliphatic carbocycles. The van der Waals surface area contributed by atoms with E-state index in [0.717, 1.165) is 25.8 Å². The van der Waals surface area contributed by atoms with Gasteiger partial charge in [-0.2, -0.15) is 0 Å². The number of likely N-dealkylation sites (tertiary alicyclic amines) is 1. The fourth-order valence-electron chi connectivity index (χ4n) is 3.20. The zero-order chi connectivity index (χ0) is 15.4. The third-order valence-electron chi connectivity index (χ3n) is 4.40. The lowest BCUT2D eigenvalue weighted by Gasteiger charge is -2.30. The predicted molar refractivity (Wildman–Crippen MR) is 88.5 cm³/mol. The number of nitrogens with one attached hydrogen (secondary N) is 1. The van der Waals surface area contributed by atoms with E-state index in [1.54, 1.807) is 11.3 Å². The van der Waals surface area contributed by atoms with Crippen molar-refractivity contribution in [1.82, 2.24) is 10.2 Å². The molecule has 1 aromatic rings. The Kier molecular flexibility index (Phi) is 4.93. The lowest BCUT2D eigenvalue weighted by atomic mass is 10.1. The van der Waals surface area contributed by atoms with Crippen molar-refractivity contribution in [1.29, 1.82) is 0 Å². The van der Waals surface area contributed by atoms with Crippen molar-refractivity contribution in [3.05, 3.63) is 28.5 Å². The summed E-state index contributed by atoms with van der Waals surface area (Å²) in [5.74, 6) is 0.0902. The molecule has 2 atom stereocenters. The first-order chi connectivity index (χ1) is 10.7. The van der Waals surface area contributed by atoms with Crippen molar-refractivity contribution in [2.75, 3.05) is 6.54 Å². The number of hydrogen-bond acceptors (Lipinski definition) is 3. The van der Waals surface area contributed by atoms with Gasteiger partial charge >= 0.3 is 0 Å². The van der Waals surface area contributed by atoms with Crippen LogP contribution in [0, 0.1) is 0 Å². The maximum absolute atomic E-state index is 12.8. The summed E-state index contributed by atoms with van der Waals surface area (Å²) < 4.78 is 0. The molecule has 2 fully saturated rings. The molecule has 2 saturated heterocycles. The van der Waals surface area contributed by atoms with Crippen LogP contribution in [0.25, 0.3) is 6.08 Å². The number of carbonyl (C=O) groups is 2. The Morgan fingerprint density at radius 1 is 1.32 bits per heavy atom. The summed E-state index contributed by atoms with van der Waals surface area (Å²) in [6.07, 6.45) is 9.77. The van der Waals surface area contributed by atoms with Gasteiger partial charge in [0.05, 0.1) is 6.04 Å². The molecule has 3 heterocycles. The molecule has 0 saturated carbocycles. The molecule has 2 aliphatic rings. The Labute approximate surface area is 135 Å². The standard InChI is InChI=1S/C17H22N2O2S/c20-16-10-9-15(18-16)17(21)19-11-3-1-2-5-13(19)7-8-14-6-4-12-22-14/h4,6-8,12-13,15H,1-3,5,9-11H2,(H,18,20)/b8-7+/t13-,15+/m0/s1. The van der Waals surface area contributed by atoms with E-state index in [0.29, 0.717) is 12.8 Å². The van der Waals surface area contributed by atoms with E-state index < -0.39 is 0 Å². The fraction of sp³-hybridized carbons (Fsp3) is 0.529. The van der Waals surface area contributed by atoms with Crippen molar-refractivity contribution in [2.45, 2.75) is 50.6 Å². The van der Waals surface area contributed by atoms with Gasteiger partial charge in [0.1, 0.15) is 6.04 Å². The monoisotopic (exact) mass is 318 g/mol. The highest BCUT2D eigenvalue weighted by Gasteiger charge is 2.33.